The van der Waals surface area contributed by atoms with Crippen LogP contribution in [0.15, 0.2) is 59.1 Å². The SMILES string of the molecule is CCOC(c1ccc(Br)cc1)C([NH2+]C)C(=O)c1ccccc1. The van der Waals surface area contributed by atoms with Crippen molar-refractivity contribution >= 4 is 21.7 Å². The molecule has 4 heteroatoms. The standard InChI is InChI=1S/C18H20BrNO2/c1-3-22-18(14-9-11-15(19)12-10-14)16(20-2)17(21)13-7-5-4-6-8-13/h4-12,16,18,20H,3H2,1-2H3/p+1. The number of likely N-dealkylation sites (N-methyl/N-ethyl adjacent to an activating group) is 1. The second-order valence-electron chi connectivity index (χ2n) is 5.02. The first-order valence-electron chi connectivity index (χ1n) is 7.43. The third kappa shape index (κ3) is 4.03. The Morgan fingerprint density at radius 3 is 2.32 bits per heavy atom. The predicted octanol–water partition coefficient (Wildman–Crippen LogP) is 2.97. The van der Waals surface area contributed by atoms with Gasteiger partial charge in [0.25, 0.3) is 0 Å². The normalized spacial score (nSPS) is 13.6. The fraction of sp³-hybridized carbons (Fsp3) is 0.278. The largest absolute Gasteiger partial charge is 0.367 e. The van der Waals surface area contributed by atoms with Crippen LogP contribution >= 0.6 is 15.9 Å². The van der Waals surface area contributed by atoms with Crippen molar-refractivity contribution in [2.75, 3.05) is 13.7 Å². The van der Waals surface area contributed by atoms with Gasteiger partial charge in [-0.25, -0.2) is 0 Å². The maximum absolute atomic E-state index is 12.8. The minimum Gasteiger partial charge on any atom is -0.367 e. The first-order valence-corrected chi connectivity index (χ1v) is 8.22. The third-order valence-corrected chi connectivity index (χ3v) is 4.12. The van der Waals surface area contributed by atoms with Crippen LogP contribution in [0.1, 0.15) is 28.9 Å². The summed E-state index contributed by atoms with van der Waals surface area (Å²) >= 11 is 3.44. The molecule has 2 unspecified atom stereocenters. The van der Waals surface area contributed by atoms with Gasteiger partial charge in [0.2, 0.25) is 5.78 Å². The summed E-state index contributed by atoms with van der Waals surface area (Å²) in [5.74, 6) is 0.0875. The number of hydrogen-bond donors (Lipinski definition) is 1. The van der Waals surface area contributed by atoms with E-state index in [1.807, 2.05) is 73.9 Å². The lowest BCUT2D eigenvalue weighted by atomic mass is 9.95. The van der Waals surface area contributed by atoms with Crippen molar-refractivity contribution in [3.8, 4) is 0 Å². The minimum absolute atomic E-state index is 0.0875. The van der Waals surface area contributed by atoms with Crippen molar-refractivity contribution < 1.29 is 14.8 Å². The Morgan fingerprint density at radius 1 is 1.14 bits per heavy atom. The molecule has 0 spiro atoms. The molecule has 2 rings (SSSR count). The smallest absolute Gasteiger partial charge is 0.222 e. The van der Waals surface area contributed by atoms with Crippen LogP contribution in [0.5, 0.6) is 0 Å². The van der Waals surface area contributed by atoms with Crippen LogP contribution < -0.4 is 5.32 Å². The molecule has 116 valence electrons. The zero-order valence-electron chi connectivity index (χ0n) is 12.8. The van der Waals surface area contributed by atoms with E-state index in [4.69, 9.17) is 4.74 Å². The average molecular weight is 363 g/mol. The van der Waals surface area contributed by atoms with Crippen LogP contribution in [-0.2, 0) is 4.74 Å². The number of benzene rings is 2. The molecule has 2 aromatic carbocycles. The molecule has 0 aromatic heterocycles. The minimum atomic E-state index is -0.302. The highest BCUT2D eigenvalue weighted by Gasteiger charge is 2.33. The first-order chi connectivity index (χ1) is 10.7. The average Bonchev–Trinajstić information content (AvgIpc) is 2.56. The number of ketones is 1. The van der Waals surface area contributed by atoms with Gasteiger partial charge in [0.1, 0.15) is 6.10 Å². The number of halogens is 1. The number of nitrogens with two attached hydrogens (primary N) is 1. The van der Waals surface area contributed by atoms with Crippen LogP contribution in [0, 0.1) is 0 Å². The molecule has 2 N–H and O–H groups in total. The van der Waals surface area contributed by atoms with E-state index in [-0.39, 0.29) is 17.9 Å². The van der Waals surface area contributed by atoms with Gasteiger partial charge in [-0.1, -0.05) is 58.4 Å². The lowest BCUT2D eigenvalue weighted by Gasteiger charge is -2.23. The number of hydrogen-bond acceptors (Lipinski definition) is 2. The van der Waals surface area contributed by atoms with Crippen LogP contribution in [0.4, 0.5) is 0 Å². The Balaban J connectivity index is 2.31. The van der Waals surface area contributed by atoms with Crippen LogP contribution in [0.3, 0.4) is 0 Å². The molecule has 0 radical (unpaired) electrons. The summed E-state index contributed by atoms with van der Waals surface area (Å²) in [6.07, 6.45) is -0.268. The van der Waals surface area contributed by atoms with Crippen LogP contribution in [0.25, 0.3) is 0 Å². The highest BCUT2D eigenvalue weighted by molar-refractivity contribution is 9.10. The van der Waals surface area contributed by atoms with Gasteiger partial charge in [0.05, 0.1) is 7.05 Å². The molecule has 2 atom stereocenters. The molecular weight excluding hydrogens is 342 g/mol. The Labute approximate surface area is 139 Å². The van der Waals surface area contributed by atoms with Crippen molar-refractivity contribution in [3.05, 3.63) is 70.2 Å². The van der Waals surface area contributed by atoms with E-state index in [1.54, 1.807) is 0 Å². The van der Waals surface area contributed by atoms with Gasteiger partial charge in [-0.3, -0.25) is 4.79 Å². The zero-order valence-corrected chi connectivity index (χ0v) is 14.4. The topological polar surface area (TPSA) is 42.9 Å². The monoisotopic (exact) mass is 362 g/mol. The zero-order chi connectivity index (χ0) is 15.9. The van der Waals surface area contributed by atoms with E-state index < -0.39 is 0 Å². The molecule has 0 aliphatic heterocycles. The molecule has 0 fully saturated rings. The Bertz CT molecular complexity index is 598. The van der Waals surface area contributed by atoms with Gasteiger partial charge in [-0.2, -0.15) is 0 Å². The van der Waals surface area contributed by atoms with E-state index in [2.05, 4.69) is 15.9 Å². The summed E-state index contributed by atoms with van der Waals surface area (Å²) in [5.41, 5.74) is 1.73. The summed E-state index contributed by atoms with van der Waals surface area (Å²) in [6, 6.07) is 17.0. The maximum atomic E-state index is 12.8. The quantitative estimate of drug-likeness (QED) is 0.769. The van der Waals surface area contributed by atoms with Crippen molar-refractivity contribution in [2.45, 2.75) is 19.1 Å². The molecule has 0 bridgehead atoms. The highest BCUT2D eigenvalue weighted by Crippen LogP contribution is 2.24. The number of rotatable bonds is 7. The summed E-state index contributed by atoms with van der Waals surface area (Å²) in [7, 11) is 1.91. The Kier molecular flexibility index (Phi) is 6.31. The van der Waals surface area contributed by atoms with Crippen molar-refractivity contribution in [1.29, 1.82) is 0 Å². The lowest BCUT2D eigenvalue weighted by molar-refractivity contribution is -0.658. The number of Topliss-reactive ketones (excluding diaryl/α,β-unsaturated/α-hetero) is 1. The van der Waals surface area contributed by atoms with Gasteiger partial charge in [0, 0.05) is 16.6 Å². The summed E-state index contributed by atoms with van der Waals surface area (Å²) in [6.45, 7) is 2.51. The van der Waals surface area contributed by atoms with E-state index >= 15 is 0 Å². The number of carbonyl (C=O) groups is 1. The molecule has 0 saturated heterocycles. The van der Waals surface area contributed by atoms with Gasteiger partial charge in [0.15, 0.2) is 6.04 Å². The van der Waals surface area contributed by atoms with Crippen molar-refractivity contribution in [2.24, 2.45) is 0 Å². The highest BCUT2D eigenvalue weighted by atomic mass is 79.9. The number of quaternary nitrogens is 1. The molecule has 0 aliphatic rings. The van der Waals surface area contributed by atoms with Crippen molar-refractivity contribution in [1.82, 2.24) is 0 Å². The molecule has 0 amide bonds. The summed E-state index contributed by atoms with van der Waals surface area (Å²) in [5, 5.41) is 1.93. The summed E-state index contributed by atoms with van der Waals surface area (Å²) < 4.78 is 6.91. The second kappa shape index (κ2) is 8.22. The molecule has 22 heavy (non-hydrogen) atoms. The molecule has 0 aliphatic carbocycles. The number of carbonyl (C=O) groups excluding carboxylic acids is 1. The van der Waals surface area contributed by atoms with E-state index in [1.165, 1.54) is 0 Å². The number of ether oxygens (including phenoxy) is 1. The Hall–Kier alpha value is -1.49. The fourth-order valence-corrected chi connectivity index (χ4v) is 2.76. The second-order valence-corrected chi connectivity index (χ2v) is 5.93. The van der Waals surface area contributed by atoms with E-state index in [9.17, 15) is 4.79 Å². The van der Waals surface area contributed by atoms with Gasteiger partial charge >= 0.3 is 0 Å². The molecule has 0 saturated carbocycles. The van der Waals surface area contributed by atoms with Gasteiger partial charge in [-0.15, -0.1) is 0 Å². The third-order valence-electron chi connectivity index (χ3n) is 3.59. The molecule has 2 aromatic rings. The van der Waals surface area contributed by atoms with Crippen LogP contribution in [-0.4, -0.2) is 25.5 Å². The lowest BCUT2D eigenvalue weighted by Crippen LogP contribution is -2.89. The van der Waals surface area contributed by atoms with Gasteiger partial charge < -0.3 is 10.1 Å². The van der Waals surface area contributed by atoms with E-state index in [0.29, 0.717) is 12.2 Å². The predicted molar refractivity (Wildman–Crippen MR) is 90.9 cm³/mol. The Morgan fingerprint density at radius 2 is 1.77 bits per heavy atom. The molecule has 3 nitrogen and oxygen atoms in total. The van der Waals surface area contributed by atoms with E-state index in [0.717, 1.165) is 10.0 Å². The summed E-state index contributed by atoms with van der Waals surface area (Å²) in [4.78, 5) is 12.8. The molecular formula is C18H21BrNO2+. The van der Waals surface area contributed by atoms with Gasteiger partial charge in [-0.05, 0) is 24.6 Å². The maximum Gasteiger partial charge on any atom is 0.222 e. The first kappa shape index (κ1) is 16.9. The van der Waals surface area contributed by atoms with Crippen molar-refractivity contribution in [3.63, 3.8) is 0 Å². The van der Waals surface area contributed by atoms with Crippen LogP contribution in [0.2, 0.25) is 0 Å². The molecule has 0 heterocycles. The fourth-order valence-electron chi connectivity index (χ4n) is 2.50.